The van der Waals surface area contributed by atoms with Gasteiger partial charge in [0.05, 0.1) is 30.1 Å². The lowest BCUT2D eigenvalue weighted by Crippen LogP contribution is -2.10. The predicted molar refractivity (Wildman–Crippen MR) is 70.6 cm³/mol. The van der Waals surface area contributed by atoms with Gasteiger partial charge in [-0.15, -0.1) is 0 Å². The SMILES string of the molecule is COCCn1ncc(Cl)c1Cc1cnccc1N. The van der Waals surface area contributed by atoms with E-state index in [1.54, 1.807) is 31.8 Å². The van der Waals surface area contributed by atoms with Crippen LogP contribution in [0.15, 0.2) is 24.7 Å². The third-order valence-corrected chi connectivity index (χ3v) is 3.02. The van der Waals surface area contributed by atoms with Crippen LogP contribution in [0.1, 0.15) is 11.3 Å². The first-order chi connectivity index (χ1) is 8.72. The summed E-state index contributed by atoms with van der Waals surface area (Å²) in [6.07, 6.45) is 5.67. The van der Waals surface area contributed by atoms with E-state index in [0.29, 0.717) is 30.3 Å². The number of halogens is 1. The first kappa shape index (κ1) is 12.9. The first-order valence-electron chi connectivity index (χ1n) is 5.60. The van der Waals surface area contributed by atoms with E-state index in [2.05, 4.69) is 10.1 Å². The molecule has 2 aromatic heterocycles. The Morgan fingerprint density at radius 2 is 2.28 bits per heavy atom. The van der Waals surface area contributed by atoms with Crippen LogP contribution in [-0.2, 0) is 17.7 Å². The van der Waals surface area contributed by atoms with Gasteiger partial charge in [0, 0.05) is 31.6 Å². The number of pyridine rings is 1. The second-order valence-corrected chi connectivity index (χ2v) is 4.31. The van der Waals surface area contributed by atoms with E-state index < -0.39 is 0 Å². The Morgan fingerprint density at radius 1 is 1.44 bits per heavy atom. The maximum absolute atomic E-state index is 6.14. The minimum absolute atomic E-state index is 0.591. The van der Waals surface area contributed by atoms with Crippen LogP contribution in [0, 0.1) is 0 Å². The van der Waals surface area contributed by atoms with Crippen molar-refractivity contribution in [2.24, 2.45) is 0 Å². The quantitative estimate of drug-likeness (QED) is 0.895. The van der Waals surface area contributed by atoms with Crippen LogP contribution in [0.25, 0.3) is 0 Å². The number of nitrogens with zero attached hydrogens (tertiary/aromatic N) is 3. The molecule has 6 heteroatoms. The number of methoxy groups -OCH3 is 1. The number of aromatic nitrogens is 3. The average Bonchev–Trinajstić information content (AvgIpc) is 2.71. The lowest BCUT2D eigenvalue weighted by molar-refractivity contribution is 0.182. The number of anilines is 1. The Labute approximate surface area is 111 Å². The van der Waals surface area contributed by atoms with E-state index in [1.165, 1.54) is 0 Å². The summed E-state index contributed by atoms with van der Waals surface area (Å²) in [5, 5.41) is 4.86. The number of rotatable bonds is 5. The topological polar surface area (TPSA) is 66.0 Å². The third kappa shape index (κ3) is 2.80. The van der Waals surface area contributed by atoms with Gasteiger partial charge >= 0.3 is 0 Å². The summed E-state index contributed by atoms with van der Waals surface area (Å²) < 4.78 is 6.87. The fourth-order valence-corrected chi connectivity index (χ4v) is 1.91. The van der Waals surface area contributed by atoms with Crippen LogP contribution in [0.4, 0.5) is 5.69 Å². The van der Waals surface area contributed by atoms with Gasteiger partial charge < -0.3 is 10.5 Å². The monoisotopic (exact) mass is 266 g/mol. The molecule has 0 fully saturated rings. The van der Waals surface area contributed by atoms with Crippen molar-refractivity contribution < 1.29 is 4.74 Å². The van der Waals surface area contributed by atoms with Crippen LogP contribution in [0.3, 0.4) is 0 Å². The minimum atomic E-state index is 0.591. The molecule has 0 bridgehead atoms. The Morgan fingerprint density at radius 3 is 3.00 bits per heavy atom. The summed E-state index contributed by atoms with van der Waals surface area (Å²) in [4.78, 5) is 4.07. The molecule has 96 valence electrons. The number of ether oxygens (including phenoxy) is 1. The number of hydrogen-bond donors (Lipinski definition) is 1. The molecule has 2 heterocycles. The van der Waals surface area contributed by atoms with Crippen molar-refractivity contribution in [3.8, 4) is 0 Å². The molecule has 0 aliphatic heterocycles. The standard InChI is InChI=1S/C12H15ClN4O/c1-18-5-4-17-12(10(13)8-16-17)6-9-7-15-3-2-11(9)14/h2-3,7-8H,4-6H2,1H3,(H2,14,15). The van der Waals surface area contributed by atoms with Gasteiger partial charge in [-0.1, -0.05) is 11.6 Å². The largest absolute Gasteiger partial charge is 0.398 e. The first-order valence-corrected chi connectivity index (χ1v) is 5.97. The lowest BCUT2D eigenvalue weighted by atomic mass is 10.1. The second-order valence-electron chi connectivity index (χ2n) is 3.91. The van der Waals surface area contributed by atoms with E-state index in [-0.39, 0.29) is 0 Å². The molecule has 0 saturated carbocycles. The number of nitrogens with two attached hydrogens (primary N) is 1. The van der Waals surface area contributed by atoms with E-state index in [4.69, 9.17) is 22.1 Å². The average molecular weight is 267 g/mol. The summed E-state index contributed by atoms with van der Waals surface area (Å²) in [6.45, 7) is 1.26. The molecule has 0 aliphatic rings. The van der Waals surface area contributed by atoms with E-state index >= 15 is 0 Å². The molecular weight excluding hydrogens is 252 g/mol. The van der Waals surface area contributed by atoms with Gasteiger partial charge in [-0.2, -0.15) is 5.10 Å². The Bertz CT molecular complexity index is 527. The minimum Gasteiger partial charge on any atom is -0.398 e. The molecule has 0 saturated heterocycles. The molecule has 0 unspecified atom stereocenters. The van der Waals surface area contributed by atoms with Crippen molar-refractivity contribution in [3.63, 3.8) is 0 Å². The zero-order chi connectivity index (χ0) is 13.0. The van der Waals surface area contributed by atoms with Crippen molar-refractivity contribution >= 4 is 17.3 Å². The summed E-state index contributed by atoms with van der Waals surface area (Å²) >= 11 is 6.14. The van der Waals surface area contributed by atoms with Crippen LogP contribution in [-0.4, -0.2) is 28.5 Å². The second kappa shape index (κ2) is 5.84. The smallest absolute Gasteiger partial charge is 0.0821 e. The molecule has 0 amide bonds. The highest BCUT2D eigenvalue weighted by atomic mass is 35.5. The van der Waals surface area contributed by atoms with Gasteiger partial charge in [-0.05, 0) is 11.6 Å². The van der Waals surface area contributed by atoms with Gasteiger partial charge in [0.1, 0.15) is 0 Å². The molecule has 18 heavy (non-hydrogen) atoms. The highest BCUT2D eigenvalue weighted by molar-refractivity contribution is 6.31. The van der Waals surface area contributed by atoms with E-state index in [1.807, 2.05) is 4.68 Å². The Kier molecular flexibility index (Phi) is 4.17. The molecule has 0 atom stereocenters. The Balaban J connectivity index is 2.23. The number of nitrogen functional groups attached to an aromatic ring is 1. The lowest BCUT2D eigenvalue weighted by Gasteiger charge is -2.09. The van der Waals surface area contributed by atoms with Gasteiger partial charge in [-0.3, -0.25) is 9.67 Å². The van der Waals surface area contributed by atoms with Crippen LogP contribution in [0.2, 0.25) is 5.02 Å². The van der Waals surface area contributed by atoms with Gasteiger partial charge in [0.2, 0.25) is 0 Å². The fourth-order valence-electron chi connectivity index (χ4n) is 1.70. The van der Waals surface area contributed by atoms with Gasteiger partial charge in [0.15, 0.2) is 0 Å². The van der Waals surface area contributed by atoms with Crippen LogP contribution >= 0.6 is 11.6 Å². The van der Waals surface area contributed by atoms with Crippen molar-refractivity contribution in [2.75, 3.05) is 19.5 Å². The molecule has 0 aromatic carbocycles. The zero-order valence-electron chi connectivity index (χ0n) is 10.1. The molecule has 0 spiro atoms. The van der Waals surface area contributed by atoms with Gasteiger partial charge in [0.25, 0.3) is 0 Å². The molecule has 0 radical (unpaired) electrons. The zero-order valence-corrected chi connectivity index (χ0v) is 10.9. The molecule has 2 N–H and O–H groups in total. The fraction of sp³-hybridized carbons (Fsp3) is 0.333. The summed E-state index contributed by atoms with van der Waals surface area (Å²) in [5.74, 6) is 0. The highest BCUT2D eigenvalue weighted by Crippen LogP contribution is 2.21. The molecular formula is C12H15ClN4O. The third-order valence-electron chi connectivity index (χ3n) is 2.70. The maximum atomic E-state index is 6.14. The predicted octanol–water partition coefficient (Wildman–Crippen LogP) is 1.75. The molecule has 2 aromatic rings. The van der Waals surface area contributed by atoms with E-state index in [0.717, 1.165) is 11.3 Å². The molecule has 5 nitrogen and oxygen atoms in total. The maximum Gasteiger partial charge on any atom is 0.0821 e. The Hall–Kier alpha value is -1.59. The van der Waals surface area contributed by atoms with Gasteiger partial charge in [-0.25, -0.2) is 0 Å². The summed E-state index contributed by atoms with van der Waals surface area (Å²) in [5.41, 5.74) is 8.48. The summed E-state index contributed by atoms with van der Waals surface area (Å²) in [7, 11) is 1.66. The van der Waals surface area contributed by atoms with Crippen molar-refractivity contribution in [1.82, 2.24) is 14.8 Å². The number of hydrogen-bond acceptors (Lipinski definition) is 4. The van der Waals surface area contributed by atoms with Crippen molar-refractivity contribution in [3.05, 3.63) is 40.9 Å². The van der Waals surface area contributed by atoms with Crippen molar-refractivity contribution in [2.45, 2.75) is 13.0 Å². The molecule has 2 rings (SSSR count). The normalized spacial score (nSPS) is 10.8. The highest BCUT2D eigenvalue weighted by Gasteiger charge is 2.11. The van der Waals surface area contributed by atoms with Crippen molar-refractivity contribution in [1.29, 1.82) is 0 Å². The van der Waals surface area contributed by atoms with Crippen LogP contribution < -0.4 is 5.73 Å². The van der Waals surface area contributed by atoms with E-state index in [9.17, 15) is 0 Å². The van der Waals surface area contributed by atoms with Crippen LogP contribution in [0.5, 0.6) is 0 Å². The molecule has 0 aliphatic carbocycles. The summed E-state index contributed by atoms with van der Waals surface area (Å²) in [6, 6.07) is 1.78.